The van der Waals surface area contributed by atoms with Gasteiger partial charge in [-0.3, -0.25) is 9.59 Å². The summed E-state index contributed by atoms with van der Waals surface area (Å²) in [4.78, 5) is 26.3. The first kappa shape index (κ1) is 16.6. The minimum absolute atomic E-state index is 0.0579. The van der Waals surface area contributed by atoms with Crippen LogP contribution in [-0.2, 0) is 9.59 Å². The summed E-state index contributed by atoms with van der Waals surface area (Å²) in [6, 6.07) is 5.39. The number of ether oxygens (including phenoxy) is 2. The Hall–Kier alpha value is -2.24. The molecule has 2 heterocycles. The van der Waals surface area contributed by atoms with Crippen LogP contribution < -0.4 is 14.8 Å². The summed E-state index contributed by atoms with van der Waals surface area (Å²) in [7, 11) is 0. The van der Waals surface area contributed by atoms with Crippen LogP contribution in [0.4, 0.5) is 5.69 Å². The molecule has 1 aromatic carbocycles. The maximum absolute atomic E-state index is 12.5. The number of likely N-dealkylation sites (tertiary alicyclic amines) is 1. The molecule has 1 atom stereocenters. The second-order valence-corrected chi connectivity index (χ2v) is 6.79. The van der Waals surface area contributed by atoms with Gasteiger partial charge in [-0.05, 0) is 18.1 Å². The van der Waals surface area contributed by atoms with Crippen LogP contribution in [0.25, 0.3) is 0 Å². The van der Waals surface area contributed by atoms with E-state index in [-0.39, 0.29) is 24.2 Å². The highest BCUT2D eigenvalue weighted by Gasteiger charge is 2.34. The fraction of sp³-hybridized carbons (Fsp3) is 0.556. The molecule has 0 bridgehead atoms. The van der Waals surface area contributed by atoms with Crippen LogP contribution >= 0.6 is 0 Å². The van der Waals surface area contributed by atoms with Crippen LogP contribution in [0.5, 0.6) is 11.5 Å². The summed E-state index contributed by atoms with van der Waals surface area (Å²) < 4.78 is 11.2. The Balaban J connectivity index is 1.63. The van der Waals surface area contributed by atoms with Crippen molar-refractivity contribution in [3.63, 3.8) is 0 Å². The van der Waals surface area contributed by atoms with Crippen molar-refractivity contribution in [1.82, 2.24) is 4.90 Å². The van der Waals surface area contributed by atoms with Crippen LogP contribution in [0.3, 0.4) is 0 Å². The van der Waals surface area contributed by atoms with Crippen molar-refractivity contribution in [3.05, 3.63) is 18.2 Å². The van der Waals surface area contributed by atoms with E-state index in [9.17, 15) is 9.59 Å². The lowest BCUT2D eigenvalue weighted by Gasteiger charge is -2.18. The van der Waals surface area contributed by atoms with E-state index in [1.807, 2.05) is 0 Å². The van der Waals surface area contributed by atoms with Crippen LogP contribution in [0, 0.1) is 11.8 Å². The first-order valence-electron chi connectivity index (χ1n) is 8.51. The van der Waals surface area contributed by atoms with Gasteiger partial charge in [0, 0.05) is 37.7 Å². The molecular weight excluding hydrogens is 308 g/mol. The fourth-order valence-corrected chi connectivity index (χ4v) is 3.05. The molecule has 2 aliphatic heterocycles. The number of anilines is 1. The number of carbonyl (C=O) groups excluding carboxylic acids is 2. The number of carbonyl (C=O) groups is 2. The van der Waals surface area contributed by atoms with E-state index >= 15 is 0 Å². The number of amides is 2. The van der Waals surface area contributed by atoms with Gasteiger partial charge in [0.25, 0.3) is 0 Å². The fourth-order valence-electron chi connectivity index (χ4n) is 3.05. The lowest BCUT2D eigenvalue weighted by molar-refractivity contribution is -0.128. The second-order valence-electron chi connectivity index (χ2n) is 6.79. The zero-order valence-electron chi connectivity index (χ0n) is 14.2. The average molecular weight is 332 g/mol. The van der Waals surface area contributed by atoms with Crippen molar-refractivity contribution in [3.8, 4) is 11.5 Å². The van der Waals surface area contributed by atoms with Gasteiger partial charge >= 0.3 is 0 Å². The molecule has 0 aliphatic carbocycles. The first-order valence-corrected chi connectivity index (χ1v) is 8.51. The van der Waals surface area contributed by atoms with E-state index in [1.165, 1.54) is 0 Å². The van der Waals surface area contributed by atoms with Crippen molar-refractivity contribution in [2.75, 3.05) is 31.6 Å². The second kappa shape index (κ2) is 7.11. The number of fused-ring (bicyclic) bond motifs is 1. The van der Waals surface area contributed by atoms with E-state index < -0.39 is 0 Å². The van der Waals surface area contributed by atoms with Crippen LogP contribution in [-0.4, -0.2) is 43.0 Å². The Kier molecular flexibility index (Phi) is 4.92. The number of hydrogen-bond acceptors (Lipinski definition) is 4. The standard InChI is InChI=1S/C18H24N2O4/c1-12(2)10-20-11-13(8-17(20)21)18(22)19-14-4-5-15-16(9-14)24-7-3-6-23-15/h4-5,9,12-13H,3,6-8,10-11H2,1-2H3,(H,19,22)/t13-/m0/s1. The third kappa shape index (κ3) is 3.80. The van der Waals surface area contributed by atoms with Crippen molar-refractivity contribution in [2.24, 2.45) is 11.8 Å². The predicted molar refractivity (Wildman–Crippen MR) is 90.2 cm³/mol. The molecule has 2 aliphatic rings. The summed E-state index contributed by atoms with van der Waals surface area (Å²) in [6.07, 6.45) is 1.12. The molecule has 1 saturated heterocycles. The van der Waals surface area contributed by atoms with Crippen molar-refractivity contribution in [1.29, 1.82) is 0 Å². The molecule has 0 radical (unpaired) electrons. The first-order chi connectivity index (χ1) is 11.5. The Morgan fingerprint density at radius 3 is 2.79 bits per heavy atom. The van der Waals surface area contributed by atoms with Gasteiger partial charge in [0.1, 0.15) is 0 Å². The largest absolute Gasteiger partial charge is 0.490 e. The summed E-state index contributed by atoms with van der Waals surface area (Å²) in [5, 5.41) is 2.90. The van der Waals surface area contributed by atoms with E-state index in [2.05, 4.69) is 19.2 Å². The zero-order chi connectivity index (χ0) is 17.1. The summed E-state index contributed by atoms with van der Waals surface area (Å²) in [5.74, 6) is 1.38. The van der Waals surface area contributed by atoms with Crippen LogP contribution in [0.1, 0.15) is 26.7 Å². The molecule has 3 rings (SSSR count). The van der Waals surface area contributed by atoms with E-state index in [0.717, 1.165) is 6.42 Å². The summed E-state index contributed by atoms with van der Waals surface area (Å²) in [6.45, 7) is 6.57. The van der Waals surface area contributed by atoms with E-state index in [4.69, 9.17) is 9.47 Å². The van der Waals surface area contributed by atoms with Crippen LogP contribution in [0.15, 0.2) is 18.2 Å². The van der Waals surface area contributed by atoms with Crippen molar-refractivity contribution < 1.29 is 19.1 Å². The van der Waals surface area contributed by atoms with Gasteiger partial charge in [-0.25, -0.2) is 0 Å². The summed E-state index contributed by atoms with van der Waals surface area (Å²) >= 11 is 0. The molecular formula is C18H24N2O4. The summed E-state index contributed by atoms with van der Waals surface area (Å²) in [5.41, 5.74) is 0.666. The molecule has 0 spiro atoms. The topological polar surface area (TPSA) is 67.9 Å². The highest BCUT2D eigenvalue weighted by Crippen LogP contribution is 2.32. The third-order valence-corrected chi connectivity index (χ3v) is 4.19. The molecule has 24 heavy (non-hydrogen) atoms. The van der Waals surface area contributed by atoms with E-state index in [0.29, 0.717) is 49.4 Å². The number of rotatable bonds is 4. The monoisotopic (exact) mass is 332 g/mol. The van der Waals surface area contributed by atoms with Gasteiger partial charge < -0.3 is 19.7 Å². The normalized spacial score (nSPS) is 20.2. The number of benzene rings is 1. The number of nitrogens with zero attached hydrogens (tertiary/aromatic N) is 1. The smallest absolute Gasteiger partial charge is 0.229 e. The minimum Gasteiger partial charge on any atom is -0.490 e. The lowest BCUT2D eigenvalue weighted by atomic mass is 10.1. The predicted octanol–water partition coefficient (Wildman–Crippen LogP) is 2.29. The Bertz CT molecular complexity index is 629. The molecule has 1 aromatic rings. The molecule has 1 N–H and O–H groups in total. The molecule has 2 amide bonds. The Labute approximate surface area is 142 Å². The third-order valence-electron chi connectivity index (χ3n) is 4.19. The van der Waals surface area contributed by atoms with Crippen molar-refractivity contribution in [2.45, 2.75) is 26.7 Å². The molecule has 1 fully saturated rings. The van der Waals surface area contributed by atoms with Gasteiger partial charge in [0.05, 0.1) is 19.1 Å². The molecule has 130 valence electrons. The maximum atomic E-state index is 12.5. The average Bonchev–Trinajstić information content (AvgIpc) is 2.75. The lowest BCUT2D eigenvalue weighted by Crippen LogP contribution is -2.31. The molecule has 0 unspecified atom stereocenters. The Morgan fingerprint density at radius 1 is 1.29 bits per heavy atom. The van der Waals surface area contributed by atoms with Gasteiger partial charge in [0.2, 0.25) is 11.8 Å². The molecule has 0 aromatic heterocycles. The zero-order valence-corrected chi connectivity index (χ0v) is 14.2. The van der Waals surface area contributed by atoms with Gasteiger partial charge in [-0.15, -0.1) is 0 Å². The Morgan fingerprint density at radius 2 is 2.04 bits per heavy atom. The number of hydrogen-bond donors (Lipinski definition) is 1. The minimum atomic E-state index is -0.299. The van der Waals surface area contributed by atoms with E-state index in [1.54, 1.807) is 23.1 Å². The molecule has 6 nitrogen and oxygen atoms in total. The number of nitrogens with one attached hydrogen (secondary N) is 1. The SMILES string of the molecule is CC(C)CN1C[C@@H](C(=O)Nc2ccc3c(c2)OCCCO3)CC1=O. The highest BCUT2D eigenvalue weighted by molar-refractivity contribution is 5.97. The van der Waals surface area contributed by atoms with Crippen molar-refractivity contribution >= 4 is 17.5 Å². The van der Waals surface area contributed by atoms with Gasteiger partial charge in [-0.1, -0.05) is 13.8 Å². The molecule has 6 heteroatoms. The molecule has 0 saturated carbocycles. The van der Waals surface area contributed by atoms with Crippen LogP contribution in [0.2, 0.25) is 0 Å². The quantitative estimate of drug-likeness (QED) is 0.918. The van der Waals surface area contributed by atoms with Gasteiger partial charge in [0.15, 0.2) is 11.5 Å². The highest BCUT2D eigenvalue weighted by atomic mass is 16.5. The van der Waals surface area contributed by atoms with Gasteiger partial charge in [-0.2, -0.15) is 0 Å². The maximum Gasteiger partial charge on any atom is 0.229 e.